The number of hydrogen-bond donors (Lipinski definition) is 3. The number of amides is 1. The molecular weight excluding hydrogens is 523 g/mol. The molecule has 2 aromatic carbocycles. The molecule has 0 atom stereocenters. The van der Waals surface area contributed by atoms with Crippen LogP contribution < -0.4 is 16.0 Å². The summed E-state index contributed by atoms with van der Waals surface area (Å²) < 4.78 is 5.71. The van der Waals surface area contributed by atoms with E-state index in [9.17, 15) is 9.59 Å². The predicted molar refractivity (Wildman–Crippen MR) is 155 cm³/mol. The van der Waals surface area contributed by atoms with E-state index in [0.29, 0.717) is 48.2 Å². The molecule has 0 saturated heterocycles. The van der Waals surface area contributed by atoms with E-state index in [1.807, 2.05) is 0 Å². The van der Waals surface area contributed by atoms with Crippen molar-refractivity contribution in [3.63, 3.8) is 0 Å². The minimum Gasteiger partial charge on any atom is -0.453 e. The van der Waals surface area contributed by atoms with Gasteiger partial charge in [0.25, 0.3) is 0 Å². The smallest absolute Gasteiger partial charge is 0.220 e. The van der Waals surface area contributed by atoms with Gasteiger partial charge in [-0.2, -0.15) is 0 Å². The molecule has 0 aliphatic heterocycles. The number of rotatable bonds is 16. The summed E-state index contributed by atoms with van der Waals surface area (Å²) in [5.74, 6) is 1.84. The number of anilines is 1. The highest BCUT2D eigenvalue weighted by Gasteiger charge is 2.13. The number of ketones is 1. The fourth-order valence-electron chi connectivity index (χ4n) is 4.05. The summed E-state index contributed by atoms with van der Waals surface area (Å²) >= 11 is 11.8. The van der Waals surface area contributed by atoms with Crippen molar-refractivity contribution in [1.29, 1.82) is 5.41 Å². The minimum atomic E-state index is -0.107. The third kappa shape index (κ3) is 8.92. The van der Waals surface area contributed by atoms with Crippen molar-refractivity contribution in [1.82, 2.24) is 5.32 Å². The van der Waals surface area contributed by atoms with Crippen LogP contribution in [0, 0.1) is 5.41 Å². The minimum absolute atomic E-state index is 0.00178. The average molecular weight is 558 g/mol. The lowest BCUT2D eigenvalue weighted by molar-refractivity contribution is -0.121. The first kappa shape index (κ1) is 29.3. The Hall–Kier alpha value is -3.29. The fourth-order valence-corrected chi connectivity index (χ4v) is 4.45. The number of furan rings is 1. The van der Waals surface area contributed by atoms with E-state index >= 15 is 0 Å². The molecule has 0 aliphatic carbocycles. The lowest BCUT2D eigenvalue weighted by atomic mass is 10.1. The molecule has 0 bridgehead atoms. The van der Waals surface area contributed by atoms with Crippen LogP contribution >= 0.6 is 23.2 Å². The van der Waals surface area contributed by atoms with Crippen LogP contribution in [-0.4, -0.2) is 48.9 Å². The van der Waals surface area contributed by atoms with E-state index < -0.39 is 0 Å². The Morgan fingerprint density at radius 3 is 2.21 bits per heavy atom. The molecule has 1 amide bonds. The number of aryl methyl sites for hydroxylation is 1. The van der Waals surface area contributed by atoms with Gasteiger partial charge in [-0.25, -0.2) is 0 Å². The third-order valence-corrected chi connectivity index (χ3v) is 6.48. The molecule has 3 aromatic rings. The summed E-state index contributed by atoms with van der Waals surface area (Å²) in [6.45, 7) is 1.94. The average Bonchev–Trinajstić information content (AvgIpc) is 3.42. The van der Waals surface area contributed by atoms with Crippen molar-refractivity contribution in [3.8, 4) is 11.3 Å². The molecular formula is C29H34Cl2N4O3. The van der Waals surface area contributed by atoms with Crippen LogP contribution in [0.5, 0.6) is 0 Å². The highest BCUT2D eigenvalue weighted by atomic mass is 35.5. The Labute approximate surface area is 233 Å². The van der Waals surface area contributed by atoms with Gasteiger partial charge < -0.3 is 20.4 Å². The Balaban J connectivity index is 1.34. The number of nitrogens with zero attached hydrogens (tertiary/aromatic N) is 1. The summed E-state index contributed by atoms with van der Waals surface area (Å²) in [7, 11) is 0. The second-order valence-corrected chi connectivity index (χ2v) is 9.67. The van der Waals surface area contributed by atoms with E-state index in [0.717, 1.165) is 37.2 Å². The van der Waals surface area contributed by atoms with Crippen molar-refractivity contribution >= 4 is 46.4 Å². The number of halogens is 2. The molecule has 0 unspecified atom stereocenters. The molecule has 202 valence electrons. The van der Waals surface area contributed by atoms with Gasteiger partial charge in [-0.3, -0.25) is 15.0 Å². The van der Waals surface area contributed by atoms with E-state index in [1.54, 1.807) is 36.4 Å². The molecule has 1 aromatic heterocycles. The molecule has 0 aliphatic rings. The Morgan fingerprint density at radius 1 is 0.895 bits per heavy atom. The summed E-state index contributed by atoms with van der Waals surface area (Å²) in [5.41, 5.74) is 9.18. The van der Waals surface area contributed by atoms with E-state index in [1.165, 1.54) is 5.56 Å². The summed E-state index contributed by atoms with van der Waals surface area (Å²) in [6, 6.07) is 18.8. The Kier molecular flexibility index (Phi) is 11.7. The van der Waals surface area contributed by atoms with Gasteiger partial charge in [0.1, 0.15) is 11.6 Å². The van der Waals surface area contributed by atoms with Crippen LogP contribution in [0.25, 0.3) is 11.3 Å². The monoisotopic (exact) mass is 556 g/mol. The number of hydrogen-bond acceptors (Lipinski definition) is 5. The standard InChI is InChI=1S/C29H34Cl2N4O3/c30-16-19-35(20-17-31)24-12-6-21(7-13-24)3-1-5-28(37)34-18-2-4-25(36)27-15-14-26(38-27)22-8-10-23(11-9-22)29(32)33/h6-15H,1-5,16-20H2,(H3,32,33)(H,34,37). The normalized spacial score (nSPS) is 10.8. The molecule has 4 N–H and O–H groups in total. The fraction of sp³-hybridized carbons (Fsp3) is 0.345. The van der Waals surface area contributed by atoms with Crippen molar-refractivity contribution in [2.45, 2.75) is 32.1 Å². The number of alkyl halides is 2. The number of benzene rings is 2. The van der Waals surface area contributed by atoms with Gasteiger partial charge in [-0.1, -0.05) is 36.4 Å². The molecule has 3 rings (SSSR count). The predicted octanol–water partition coefficient (Wildman–Crippen LogP) is 5.62. The van der Waals surface area contributed by atoms with Crippen LogP contribution in [0.4, 0.5) is 5.69 Å². The highest BCUT2D eigenvalue weighted by Crippen LogP contribution is 2.23. The lowest BCUT2D eigenvalue weighted by Crippen LogP contribution is -2.27. The first-order valence-corrected chi connectivity index (χ1v) is 13.8. The van der Waals surface area contributed by atoms with Gasteiger partial charge in [-0.05, 0) is 49.1 Å². The second-order valence-electron chi connectivity index (χ2n) is 8.92. The SMILES string of the molecule is N=C(N)c1ccc(-c2ccc(C(=O)CCCNC(=O)CCCc3ccc(N(CCCl)CCCl)cc3)o2)cc1. The molecule has 0 saturated carbocycles. The van der Waals surface area contributed by atoms with Crippen LogP contribution in [0.2, 0.25) is 0 Å². The summed E-state index contributed by atoms with van der Waals surface area (Å²) in [4.78, 5) is 26.8. The number of nitrogens with one attached hydrogen (secondary N) is 2. The van der Waals surface area contributed by atoms with Crippen molar-refractivity contribution < 1.29 is 14.0 Å². The van der Waals surface area contributed by atoms with Crippen molar-refractivity contribution in [2.24, 2.45) is 5.73 Å². The summed E-state index contributed by atoms with van der Waals surface area (Å²) in [5, 5.41) is 10.4. The Bertz CT molecular complexity index is 1190. The molecule has 0 fully saturated rings. The maximum atomic E-state index is 12.5. The van der Waals surface area contributed by atoms with Crippen molar-refractivity contribution in [3.05, 3.63) is 77.6 Å². The van der Waals surface area contributed by atoms with Gasteiger partial charge in [0.05, 0.1) is 0 Å². The first-order valence-electron chi connectivity index (χ1n) is 12.7. The largest absolute Gasteiger partial charge is 0.453 e. The number of Topliss-reactive ketones (excluding diaryl/α,β-unsaturated/α-hetero) is 1. The second kappa shape index (κ2) is 15.2. The zero-order chi connectivity index (χ0) is 27.3. The Morgan fingerprint density at radius 2 is 1.58 bits per heavy atom. The zero-order valence-electron chi connectivity index (χ0n) is 21.3. The maximum Gasteiger partial charge on any atom is 0.220 e. The van der Waals surface area contributed by atoms with Gasteiger partial charge >= 0.3 is 0 Å². The van der Waals surface area contributed by atoms with Gasteiger partial charge in [-0.15, -0.1) is 23.2 Å². The van der Waals surface area contributed by atoms with Gasteiger partial charge in [0.2, 0.25) is 5.91 Å². The van der Waals surface area contributed by atoms with Crippen LogP contribution in [0.15, 0.2) is 65.1 Å². The lowest BCUT2D eigenvalue weighted by Gasteiger charge is -2.23. The van der Waals surface area contributed by atoms with E-state index in [4.69, 9.17) is 38.8 Å². The van der Waals surface area contributed by atoms with Crippen molar-refractivity contribution in [2.75, 3.05) is 36.3 Å². The van der Waals surface area contributed by atoms with Crippen LogP contribution in [0.1, 0.15) is 47.4 Å². The number of carbonyl (C=O) groups excluding carboxylic acids is 2. The zero-order valence-corrected chi connectivity index (χ0v) is 22.9. The van der Waals surface area contributed by atoms with Gasteiger partial charge in [0, 0.05) is 61.1 Å². The number of carbonyl (C=O) groups is 2. The van der Waals surface area contributed by atoms with Crippen LogP contribution in [0.3, 0.4) is 0 Å². The molecule has 1 heterocycles. The van der Waals surface area contributed by atoms with Crippen LogP contribution in [-0.2, 0) is 11.2 Å². The number of nitrogens with two attached hydrogens (primary N) is 1. The number of nitrogen functional groups attached to an aromatic ring is 1. The highest BCUT2D eigenvalue weighted by molar-refractivity contribution is 6.18. The molecule has 0 radical (unpaired) electrons. The molecule has 0 spiro atoms. The quantitative estimate of drug-likeness (QED) is 0.0696. The molecule has 38 heavy (non-hydrogen) atoms. The van der Waals surface area contributed by atoms with E-state index in [-0.39, 0.29) is 23.9 Å². The topological polar surface area (TPSA) is 112 Å². The van der Waals surface area contributed by atoms with Gasteiger partial charge in [0.15, 0.2) is 11.5 Å². The number of amidine groups is 1. The first-order chi connectivity index (χ1) is 18.4. The van der Waals surface area contributed by atoms with E-state index in [2.05, 4.69) is 34.5 Å². The third-order valence-electron chi connectivity index (χ3n) is 6.14. The molecule has 9 heteroatoms. The molecule has 7 nitrogen and oxygen atoms in total. The summed E-state index contributed by atoms with van der Waals surface area (Å²) in [6.07, 6.45) is 2.82. The maximum absolute atomic E-state index is 12.5.